The maximum absolute atomic E-state index is 12.8. The van der Waals surface area contributed by atoms with Crippen molar-refractivity contribution in [3.05, 3.63) is 59.0 Å². The highest BCUT2D eigenvalue weighted by Gasteiger charge is 2.31. The van der Waals surface area contributed by atoms with E-state index in [1.807, 2.05) is 55.1 Å². The van der Waals surface area contributed by atoms with Crippen LogP contribution in [0.2, 0.25) is 0 Å². The fraction of sp³-hybridized carbons (Fsp3) is 0.353. The van der Waals surface area contributed by atoms with Crippen molar-refractivity contribution in [1.29, 1.82) is 0 Å². The minimum atomic E-state index is -0.153. The molecule has 1 aromatic carbocycles. The van der Waals surface area contributed by atoms with Crippen LogP contribution in [0, 0.1) is 13.8 Å². The molecule has 0 spiro atoms. The second-order valence-corrected chi connectivity index (χ2v) is 5.35. The Morgan fingerprint density at radius 2 is 2.00 bits per heavy atom. The van der Waals surface area contributed by atoms with Crippen LogP contribution < -0.4 is 0 Å². The Bertz CT molecular complexity index is 647. The number of rotatable bonds is 2. The van der Waals surface area contributed by atoms with Crippen LogP contribution in [0.15, 0.2) is 40.8 Å². The second kappa shape index (κ2) is 5.74. The van der Waals surface area contributed by atoms with E-state index in [0.717, 1.165) is 22.6 Å². The summed E-state index contributed by atoms with van der Waals surface area (Å²) in [6.07, 6.45) is 0. The molecule has 2 heterocycles. The number of morpholine rings is 1. The predicted octanol–water partition coefficient (Wildman–Crippen LogP) is 3.11. The molecule has 1 aliphatic heterocycles. The van der Waals surface area contributed by atoms with Crippen molar-refractivity contribution in [2.24, 2.45) is 0 Å². The van der Waals surface area contributed by atoms with Crippen molar-refractivity contribution < 1.29 is 13.9 Å². The zero-order valence-electron chi connectivity index (χ0n) is 12.3. The van der Waals surface area contributed by atoms with Gasteiger partial charge in [-0.1, -0.05) is 18.2 Å². The molecule has 1 atom stereocenters. The monoisotopic (exact) mass is 285 g/mol. The van der Waals surface area contributed by atoms with Crippen LogP contribution in [0.5, 0.6) is 0 Å². The third kappa shape index (κ3) is 2.72. The number of carbonyl (C=O) groups is 1. The molecule has 3 rings (SSSR count). The summed E-state index contributed by atoms with van der Waals surface area (Å²) in [6.45, 7) is 5.48. The Kier molecular flexibility index (Phi) is 3.80. The van der Waals surface area contributed by atoms with E-state index >= 15 is 0 Å². The molecular weight excluding hydrogens is 266 g/mol. The Labute approximate surface area is 124 Å². The van der Waals surface area contributed by atoms with E-state index in [9.17, 15) is 4.79 Å². The first-order valence-corrected chi connectivity index (χ1v) is 7.17. The van der Waals surface area contributed by atoms with Gasteiger partial charge in [-0.25, -0.2) is 0 Å². The van der Waals surface area contributed by atoms with Crippen LogP contribution in [0.1, 0.15) is 33.5 Å². The molecule has 4 nitrogen and oxygen atoms in total. The quantitative estimate of drug-likeness (QED) is 0.851. The summed E-state index contributed by atoms with van der Waals surface area (Å²) in [4.78, 5) is 14.7. The number of nitrogens with zero attached hydrogens (tertiary/aromatic N) is 1. The summed E-state index contributed by atoms with van der Waals surface area (Å²) in [5, 5.41) is 0. The molecular formula is C17H19NO3. The van der Waals surface area contributed by atoms with Crippen molar-refractivity contribution in [1.82, 2.24) is 4.90 Å². The molecule has 1 aliphatic rings. The largest absolute Gasteiger partial charge is 0.464 e. The Morgan fingerprint density at radius 3 is 2.71 bits per heavy atom. The highest BCUT2D eigenvalue weighted by Crippen LogP contribution is 2.28. The molecule has 2 aromatic rings. The maximum Gasteiger partial charge on any atom is 0.254 e. The van der Waals surface area contributed by atoms with Crippen LogP contribution in [-0.2, 0) is 4.74 Å². The van der Waals surface area contributed by atoms with Crippen molar-refractivity contribution in [3.63, 3.8) is 0 Å². The standard InChI is InChI=1S/C17H19NO3/c1-12-5-3-4-6-14(12)17(19)18-9-10-20-11-15(18)16-8-7-13(2)21-16/h3-8,15H,9-11H2,1-2H3. The predicted molar refractivity (Wildman–Crippen MR) is 79.2 cm³/mol. The normalized spacial score (nSPS) is 18.8. The number of hydrogen-bond donors (Lipinski definition) is 0. The number of benzene rings is 1. The second-order valence-electron chi connectivity index (χ2n) is 5.35. The molecule has 0 saturated carbocycles. The molecule has 0 N–H and O–H groups in total. The lowest BCUT2D eigenvalue weighted by Gasteiger charge is -2.34. The fourth-order valence-electron chi connectivity index (χ4n) is 2.68. The molecule has 4 heteroatoms. The van der Waals surface area contributed by atoms with Crippen molar-refractivity contribution in [3.8, 4) is 0 Å². The van der Waals surface area contributed by atoms with E-state index in [0.29, 0.717) is 19.8 Å². The van der Waals surface area contributed by atoms with Gasteiger partial charge >= 0.3 is 0 Å². The maximum atomic E-state index is 12.8. The van der Waals surface area contributed by atoms with E-state index in [1.54, 1.807) is 0 Å². The Hall–Kier alpha value is -2.07. The summed E-state index contributed by atoms with van der Waals surface area (Å²) >= 11 is 0. The molecule has 0 aliphatic carbocycles. The first-order valence-electron chi connectivity index (χ1n) is 7.17. The molecule has 1 unspecified atom stereocenters. The van der Waals surface area contributed by atoms with Gasteiger partial charge in [0, 0.05) is 12.1 Å². The number of hydrogen-bond acceptors (Lipinski definition) is 3. The summed E-state index contributed by atoms with van der Waals surface area (Å²) in [5.41, 5.74) is 1.73. The molecule has 1 fully saturated rings. The van der Waals surface area contributed by atoms with Crippen molar-refractivity contribution >= 4 is 5.91 Å². The molecule has 1 amide bonds. The lowest BCUT2D eigenvalue weighted by atomic mass is 10.1. The van der Waals surface area contributed by atoms with Crippen molar-refractivity contribution in [2.75, 3.05) is 19.8 Å². The van der Waals surface area contributed by atoms with Crippen LogP contribution in [-0.4, -0.2) is 30.6 Å². The van der Waals surface area contributed by atoms with Crippen LogP contribution in [0.3, 0.4) is 0 Å². The molecule has 0 bridgehead atoms. The highest BCUT2D eigenvalue weighted by atomic mass is 16.5. The molecule has 1 saturated heterocycles. The molecule has 0 radical (unpaired) electrons. The minimum Gasteiger partial charge on any atom is -0.464 e. The van der Waals surface area contributed by atoms with Crippen molar-refractivity contribution in [2.45, 2.75) is 19.9 Å². The topological polar surface area (TPSA) is 42.7 Å². The third-order valence-electron chi connectivity index (χ3n) is 3.85. The number of furan rings is 1. The minimum absolute atomic E-state index is 0.0375. The van der Waals surface area contributed by atoms with E-state index in [2.05, 4.69) is 0 Å². The average molecular weight is 285 g/mol. The zero-order valence-corrected chi connectivity index (χ0v) is 12.3. The van der Waals surface area contributed by atoms with Gasteiger partial charge in [-0.3, -0.25) is 4.79 Å². The van der Waals surface area contributed by atoms with Gasteiger partial charge < -0.3 is 14.1 Å². The lowest BCUT2D eigenvalue weighted by Crippen LogP contribution is -2.43. The van der Waals surface area contributed by atoms with Gasteiger partial charge in [-0.2, -0.15) is 0 Å². The van der Waals surface area contributed by atoms with Gasteiger partial charge in [-0.05, 0) is 37.6 Å². The molecule has 1 aromatic heterocycles. The number of amides is 1. The van der Waals surface area contributed by atoms with Crippen LogP contribution >= 0.6 is 0 Å². The number of aryl methyl sites for hydroxylation is 2. The van der Waals surface area contributed by atoms with E-state index in [1.165, 1.54) is 0 Å². The lowest BCUT2D eigenvalue weighted by molar-refractivity contribution is -0.00898. The first kappa shape index (κ1) is 13.9. The molecule has 110 valence electrons. The van der Waals surface area contributed by atoms with Gasteiger partial charge in [0.25, 0.3) is 5.91 Å². The van der Waals surface area contributed by atoms with Gasteiger partial charge in [0.15, 0.2) is 0 Å². The van der Waals surface area contributed by atoms with Crippen LogP contribution in [0.4, 0.5) is 0 Å². The summed E-state index contributed by atoms with van der Waals surface area (Å²) in [5.74, 6) is 1.67. The van der Waals surface area contributed by atoms with Gasteiger partial charge in [0.2, 0.25) is 0 Å². The fourth-order valence-corrected chi connectivity index (χ4v) is 2.68. The van der Waals surface area contributed by atoms with E-state index < -0.39 is 0 Å². The van der Waals surface area contributed by atoms with Gasteiger partial charge in [-0.15, -0.1) is 0 Å². The summed E-state index contributed by atoms with van der Waals surface area (Å²) in [7, 11) is 0. The molecule has 21 heavy (non-hydrogen) atoms. The Balaban J connectivity index is 1.91. The zero-order chi connectivity index (χ0) is 14.8. The number of ether oxygens (including phenoxy) is 1. The van der Waals surface area contributed by atoms with E-state index in [4.69, 9.17) is 9.15 Å². The smallest absolute Gasteiger partial charge is 0.254 e. The summed E-state index contributed by atoms with van der Waals surface area (Å²) < 4.78 is 11.2. The third-order valence-corrected chi connectivity index (χ3v) is 3.85. The van der Waals surface area contributed by atoms with E-state index in [-0.39, 0.29) is 11.9 Å². The number of carbonyl (C=O) groups excluding carboxylic acids is 1. The van der Waals surface area contributed by atoms with Gasteiger partial charge in [0.1, 0.15) is 17.6 Å². The highest BCUT2D eigenvalue weighted by molar-refractivity contribution is 5.95. The van der Waals surface area contributed by atoms with Crippen LogP contribution in [0.25, 0.3) is 0 Å². The Morgan fingerprint density at radius 1 is 1.19 bits per heavy atom. The summed E-state index contributed by atoms with van der Waals surface area (Å²) in [6, 6.07) is 11.4. The van der Waals surface area contributed by atoms with Gasteiger partial charge in [0.05, 0.1) is 13.2 Å². The SMILES string of the molecule is Cc1ccc(C2COCCN2C(=O)c2ccccc2C)o1. The first-order chi connectivity index (χ1) is 10.2. The average Bonchev–Trinajstić information content (AvgIpc) is 2.93.